The van der Waals surface area contributed by atoms with Crippen LogP contribution in [0.4, 0.5) is 11.4 Å². The number of aryl methyl sites for hydroxylation is 1. The highest BCUT2D eigenvalue weighted by Crippen LogP contribution is 2.27. The topological polar surface area (TPSA) is 75.4 Å². The van der Waals surface area contributed by atoms with E-state index in [2.05, 4.69) is 11.4 Å². The number of nitrogens with zero attached hydrogens (tertiary/aromatic N) is 1. The lowest BCUT2D eigenvalue weighted by Gasteiger charge is -2.29. The van der Waals surface area contributed by atoms with Crippen molar-refractivity contribution < 1.29 is 9.59 Å². The fraction of sp³-hybridized carbons (Fsp3) is 0.364. The number of rotatable bonds is 6. The standard InChI is InChI=1S/C22H27N3O2.ClH/c1-16(23)8-13-21(26)24-19-11-9-17(10-12-19)15-22(27)25-14-4-6-18-5-2-3-7-20(18)25;/h2-3,5,7,9-12,16H,4,6,8,13-15,23H2,1H3,(H,24,26);1H. The molecule has 0 saturated carbocycles. The molecule has 2 aromatic carbocycles. The zero-order chi connectivity index (χ0) is 19.2. The van der Waals surface area contributed by atoms with Crippen molar-refractivity contribution in [2.75, 3.05) is 16.8 Å². The van der Waals surface area contributed by atoms with Crippen molar-refractivity contribution in [2.24, 2.45) is 5.73 Å². The maximum atomic E-state index is 12.8. The van der Waals surface area contributed by atoms with Gasteiger partial charge in [0.15, 0.2) is 0 Å². The number of anilines is 2. The predicted octanol–water partition coefficient (Wildman–Crippen LogP) is 3.70. The average molecular weight is 402 g/mol. The van der Waals surface area contributed by atoms with E-state index >= 15 is 0 Å². The Bertz CT molecular complexity index is 806. The molecule has 2 amide bonds. The molecule has 1 atom stereocenters. The number of amides is 2. The predicted molar refractivity (Wildman–Crippen MR) is 116 cm³/mol. The van der Waals surface area contributed by atoms with E-state index in [-0.39, 0.29) is 30.3 Å². The van der Waals surface area contributed by atoms with Crippen LogP contribution in [0.1, 0.15) is 37.3 Å². The van der Waals surface area contributed by atoms with Gasteiger partial charge in [-0.25, -0.2) is 0 Å². The van der Waals surface area contributed by atoms with Gasteiger partial charge in [0.05, 0.1) is 6.42 Å². The molecule has 0 aromatic heterocycles. The third-order valence-corrected chi connectivity index (χ3v) is 4.83. The van der Waals surface area contributed by atoms with E-state index in [9.17, 15) is 9.59 Å². The lowest BCUT2D eigenvalue weighted by atomic mass is 10.0. The van der Waals surface area contributed by atoms with Gasteiger partial charge in [0.25, 0.3) is 0 Å². The molecule has 0 radical (unpaired) electrons. The molecule has 28 heavy (non-hydrogen) atoms. The zero-order valence-corrected chi connectivity index (χ0v) is 17.0. The minimum atomic E-state index is -0.0407. The monoisotopic (exact) mass is 401 g/mol. The number of benzene rings is 2. The number of hydrogen-bond donors (Lipinski definition) is 2. The smallest absolute Gasteiger partial charge is 0.231 e. The summed E-state index contributed by atoms with van der Waals surface area (Å²) in [5.41, 5.74) is 9.63. The van der Waals surface area contributed by atoms with Crippen molar-refractivity contribution in [3.8, 4) is 0 Å². The summed E-state index contributed by atoms with van der Waals surface area (Å²) >= 11 is 0. The molecule has 0 aliphatic carbocycles. The Morgan fingerprint density at radius 2 is 1.86 bits per heavy atom. The first-order valence-electron chi connectivity index (χ1n) is 9.55. The van der Waals surface area contributed by atoms with Gasteiger partial charge in [-0.3, -0.25) is 9.59 Å². The summed E-state index contributed by atoms with van der Waals surface area (Å²) in [6.45, 7) is 2.66. The molecule has 0 saturated heterocycles. The van der Waals surface area contributed by atoms with Gasteiger partial charge in [0.2, 0.25) is 11.8 Å². The number of nitrogens with two attached hydrogens (primary N) is 1. The molecule has 1 heterocycles. The summed E-state index contributed by atoms with van der Waals surface area (Å²) in [5.74, 6) is 0.0666. The van der Waals surface area contributed by atoms with Crippen molar-refractivity contribution in [1.29, 1.82) is 0 Å². The largest absolute Gasteiger partial charge is 0.328 e. The summed E-state index contributed by atoms with van der Waals surface area (Å²) in [5, 5.41) is 2.86. The number of carbonyl (C=O) groups excluding carboxylic acids is 2. The third kappa shape index (κ3) is 5.81. The summed E-state index contributed by atoms with van der Waals surface area (Å²) in [7, 11) is 0. The first-order chi connectivity index (χ1) is 13.0. The van der Waals surface area contributed by atoms with Crippen LogP contribution in [0.2, 0.25) is 0 Å². The van der Waals surface area contributed by atoms with Gasteiger partial charge in [-0.1, -0.05) is 30.3 Å². The van der Waals surface area contributed by atoms with Crippen LogP contribution in [0.3, 0.4) is 0 Å². The third-order valence-electron chi connectivity index (χ3n) is 4.83. The Morgan fingerprint density at radius 1 is 1.14 bits per heavy atom. The van der Waals surface area contributed by atoms with Crippen molar-refractivity contribution in [3.05, 3.63) is 59.7 Å². The molecule has 0 bridgehead atoms. The Hall–Kier alpha value is -2.37. The summed E-state index contributed by atoms with van der Waals surface area (Å²) in [6, 6.07) is 15.6. The average Bonchev–Trinajstić information content (AvgIpc) is 2.67. The van der Waals surface area contributed by atoms with E-state index in [4.69, 9.17) is 5.73 Å². The van der Waals surface area contributed by atoms with Crippen LogP contribution in [-0.4, -0.2) is 24.4 Å². The van der Waals surface area contributed by atoms with E-state index in [1.807, 2.05) is 54.3 Å². The van der Waals surface area contributed by atoms with Crippen molar-refractivity contribution in [3.63, 3.8) is 0 Å². The summed E-state index contributed by atoms with van der Waals surface area (Å²) < 4.78 is 0. The van der Waals surface area contributed by atoms with E-state index in [1.165, 1.54) is 5.56 Å². The molecule has 150 valence electrons. The maximum Gasteiger partial charge on any atom is 0.231 e. The van der Waals surface area contributed by atoms with Gasteiger partial charge in [-0.05, 0) is 55.5 Å². The molecule has 3 N–H and O–H groups in total. The molecule has 0 fully saturated rings. The van der Waals surface area contributed by atoms with Gasteiger partial charge in [-0.2, -0.15) is 0 Å². The zero-order valence-electron chi connectivity index (χ0n) is 16.2. The van der Waals surface area contributed by atoms with Gasteiger partial charge in [0, 0.05) is 30.4 Å². The van der Waals surface area contributed by atoms with Crippen LogP contribution >= 0.6 is 12.4 Å². The van der Waals surface area contributed by atoms with Crippen molar-refractivity contribution >= 4 is 35.6 Å². The highest BCUT2D eigenvalue weighted by molar-refractivity contribution is 5.96. The maximum absolute atomic E-state index is 12.8. The van der Waals surface area contributed by atoms with Crippen LogP contribution in [0.15, 0.2) is 48.5 Å². The first-order valence-corrected chi connectivity index (χ1v) is 9.55. The van der Waals surface area contributed by atoms with E-state index in [0.29, 0.717) is 19.3 Å². The van der Waals surface area contributed by atoms with Crippen molar-refractivity contribution in [1.82, 2.24) is 0 Å². The first kappa shape index (κ1) is 21.9. The highest BCUT2D eigenvalue weighted by Gasteiger charge is 2.22. The second kappa shape index (κ2) is 10.2. The van der Waals surface area contributed by atoms with Crippen molar-refractivity contribution in [2.45, 2.75) is 45.1 Å². The van der Waals surface area contributed by atoms with Gasteiger partial charge in [0.1, 0.15) is 0 Å². The molecule has 1 aliphatic heterocycles. The molecule has 5 nitrogen and oxygen atoms in total. The van der Waals surface area contributed by atoms with Gasteiger partial charge in [-0.15, -0.1) is 12.4 Å². The van der Waals surface area contributed by atoms with E-state index in [1.54, 1.807) is 0 Å². The number of fused-ring (bicyclic) bond motifs is 1. The summed E-state index contributed by atoms with van der Waals surface area (Å²) in [4.78, 5) is 26.6. The fourth-order valence-electron chi connectivity index (χ4n) is 3.35. The fourth-order valence-corrected chi connectivity index (χ4v) is 3.35. The van der Waals surface area contributed by atoms with Crippen LogP contribution in [-0.2, 0) is 22.4 Å². The number of halogens is 1. The van der Waals surface area contributed by atoms with Crippen LogP contribution < -0.4 is 16.0 Å². The minimum Gasteiger partial charge on any atom is -0.328 e. The number of carbonyl (C=O) groups is 2. The van der Waals surface area contributed by atoms with Gasteiger partial charge >= 0.3 is 0 Å². The van der Waals surface area contributed by atoms with Crippen LogP contribution in [0.25, 0.3) is 0 Å². The van der Waals surface area contributed by atoms with E-state index in [0.717, 1.165) is 36.3 Å². The normalized spacial score (nSPS) is 13.9. The van der Waals surface area contributed by atoms with Crippen LogP contribution in [0, 0.1) is 0 Å². The molecule has 1 aliphatic rings. The highest BCUT2D eigenvalue weighted by atomic mass is 35.5. The second-order valence-corrected chi connectivity index (χ2v) is 7.22. The number of nitrogens with one attached hydrogen (secondary N) is 1. The SMILES string of the molecule is CC(N)CCC(=O)Nc1ccc(CC(=O)N2CCCc3ccccc32)cc1.Cl. The molecule has 1 unspecified atom stereocenters. The Kier molecular flexibility index (Phi) is 8.03. The quantitative estimate of drug-likeness (QED) is 0.774. The Morgan fingerprint density at radius 3 is 2.57 bits per heavy atom. The molecular formula is C22H28ClN3O2. The van der Waals surface area contributed by atoms with Gasteiger partial charge < -0.3 is 16.0 Å². The lowest BCUT2D eigenvalue weighted by Crippen LogP contribution is -2.36. The number of hydrogen-bond acceptors (Lipinski definition) is 3. The minimum absolute atomic E-state index is 0. The Balaban J connectivity index is 0.00000280. The van der Waals surface area contributed by atoms with Crippen LogP contribution in [0.5, 0.6) is 0 Å². The summed E-state index contributed by atoms with van der Waals surface area (Å²) in [6.07, 6.45) is 3.45. The lowest BCUT2D eigenvalue weighted by molar-refractivity contribution is -0.118. The Labute approximate surface area is 172 Å². The molecule has 2 aromatic rings. The number of para-hydroxylation sites is 1. The molecular weight excluding hydrogens is 374 g/mol. The second-order valence-electron chi connectivity index (χ2n) is 7.22. The molecule has 6 heteroatoms. The molecule has 3 rings (SSSR count). The van der Waals surface area contributed by atoms with E-state index < -0.39 is 0 Å². The molecule has 0 spiro atoms.